The summed E-state index contributed by atoms with van der Waals surface area (Å²) in [5, 5.41) is 11.0. The smallest absolute Gasteiger partial charge is 0.330 e. The van der Waals surface area contributed by atoms with Crippen LogP contribution in [0, 0.1) is 5.92 Å². The molecule has 8 nitrogen and oxygen atoms in total. The fourth-order valence-corrected chi connectivity index (χ4v) is 5.98. The van der Waals surface area contributed by atoms with Crippen molar-refractivity contribution in [2.24, 2.45) is 5.92 Å². The van der Waals surface area contributed by atoms with Gasteiger partial charge in [-0.3, -0.25) is 14.6 Å². The van der Waals surface area contributed by atoms with Crippen molar-refractivity contribution in [2.75, 3.05) is 13.1 Å². The summed E-state index contributed by atoms with van der Waals surface area (Å²) in [4.78, 5) is 36.3. The number of likely N-dealkylation sites (tertiary alicyclic amines) is 1. The lowest BCUT2D eigenvalue weighted by molar-refractivity contribution is -0.253. The Labute approximate surface area is 224 Å². The summed E-state index contributed by atoms with van der Waals surface area (Å²) < 4.78 is 29.0. The highest BCUT2D eigenvalue weighted by Crippen LogP contribution is 2.40. The van der Waals surface area contributed by atoms with Crippen LogP contribution in [-0.2, 0) is 14.3 Å². The molecule has 0 spiro atoms. The average Bonchev–Trinajstić information content (AvgIpc) is 3.66. The first-order valence-corrected chi connectivity index (χ1v) is 13.5. The largest absolute Gasteiger partial charge is 0.481 e. The molecule has 2 aromatic heterocycles. The Kier molecular flexibility index (Phi) is 6.86. The summed E-state index contributed by atoms with van der Waals surface area (Å²) in [6.07, 6.45) is 5.46. The van der Waals surface area contributed by atoms with Gasteiger partial charge in [0.05, 0.1) is 23.6 Å². The van der Waals surface area contributed by atoms with Gasteiger partial charge < -0.3 is 14.3 Å². The molecule has 0 radical (unpaired) electrons. The van der Waals surface area contributed by atoms with E-state index in [1.807, 2.05) is 30.3 Å². The van der Waals surface area contributed by atoms with Crippen molar-refractivity contribution in [1.29, 1.82) is 0 Å². The standard InChI is InChI=1S/C30H30FN3O5/c31-30(34-15-3-4-16-34,39-22-10-7-20(8-11-22)29(36)37)28(35)26(21-9-12-24-25(17-21)38-18-33-24)27-23-6-2-1-5-19(23)13-14-32-27/h1-2,5-6,9,12-14,17-18,20,22,26H,3-4,7-8,10-11,15-16H2,(H,36,37). The molecule has 3 heterocycles. The van der Waals surface area contributed by atoms with Gasteiger partial charge in [-0.2, -0.15) is 4.39 Å². The van der Waals surface area contributed by atoms with E-state index in [1.165, 1.54) is 11.3 Å². The molecule has 1 aliphatic carbocycles. The van der Waals surface area contributed by atoms with Crippen LogP contribution in [0.1, 0.15) is 55.7 Å². The van der Waals surface area contributed by atoms with Crippen LogP contribution in [0.2, 0.25) is 0 Å². The van der Waals surface area contributed by atoms with Crippen molar-refractivity contribution in [3.05, 3.63) is 72.4 Å². The first kappa shape index (κ1) is 25.6. The summed E-state index contributed by atoms with van der Waals surface area (Å²) in [5.74, 6) is -5.83. The minimum Gasteiger partial charge on any atom is -0.481 e. The van der Waals surface area contributed by atoms with Gasteiger partial charge >= 0.3 is 11.9 Å². The van der Waals surface area contributed by atoms with Crippen molar-refractivity contribution < 1.29 is 28.2 Å². The number of Topliss-reactive ketones (excluding diaryl/α,β-unsaturated/α-hetero) is 1. The minimum atomic E-state index is -2.70. The minimum absolute atomic E-state index is 0.380. The van der Waals surface area contributed by atoms with Gasteiger partial charge in [-0.05, 0) is 67.7 Å². The van der Waals surface area contributed by atoms with Gasteiger partial charge in [-0.1, -0.05) is 30.3 Å². The van der Waals surface area contributed by atoms with E-state index in [0.29, 0.717) is 61.1 Å². The Bertz CT molecular complexity index is 1500. The van der Waals surface area contributed by atoms with Gasteiger partial charge in [0.15, 0.2) is 12.0 Å². The highest BCUT2D eigenvalue weighted by Gasteiger charge is 2.52. The molecule has 39 heavy (non-hydrogen) atoms. The Morgan fingerprint density at radius 2 is 1.82 bits per heavy atom. The maximum absolute atomic E-state index is 17.4. The molecule has 0 bridgehead atoms. The summed E-state index contributed by atoms with van der Waals surface area (Å²) >= 11 is 0. The van der Waals surface area contributed by atoms with E-state index >= 15 is 4.39 Å². The van der Waals surface area contributed by atoms with Gasteiger partial charge in [-0.15, -0.1) is 0 Å². The number of hydrogen-bond acceptors (Lipinski definition) is 7. The highest BCUT2D eigenvalue weighted by atomic mass is 19.2. The number of carboxylic acid groups (broad SMARTS) is 1. The summed E-state index contributed by atoms with van der Waals surface area (Å²) in [6, 6.07) is 14.7. The van der Waals surface area contributed by atoms with Crippen LogP contribution in [-0.4, -0.2) is 56.9 Å². The van der Waals surface area contributed by atoms with E-state index in [-0.39, 0.29) is 0 Å². The number of carbonyl (C=O) groups excluding carboxylic acids is 1. The van der Waals surface area contributed by atoms with Gasteiger partial charge in [0.25, 0.3) is 0 Å². The zero-order valence-corrected chi connectivity index (χ0v) is 21.5. The number of benzene rings is 2. The quantitative estimate of drug-likeness (QED) is 0.299. The second-order valence-electron chi connectivity index (χ2n) is 10.5. The molecule has 9 heteroatoms. The lowest BCUT2D eigenvalue weighted by Crippen LogP contribution is -2.56. The highest BCUT2D eigenvalue weighted by molar-refractivity contribution is 5.99. The number of fused-ring (bicyclic) bond motifs is 2. The van der Waals surface area contributed by atoms with Gasteiger partial charge in [0, 0.05) is 24.7 Å². The fourth-order valence-electron chi connectivity index (χ4n) is 5.98. The lowest BCUT2D eigenvalue weighted by Gasteiger charge is -2.39. The van der Waals surface area contributed by atoms with Gasteiger partial charge in [0.2, 0.25) is 5.78 Å². The zero-order valence-electron chi connectivity index (χ0n) is 21.5. The molecule has 2 fully saturated rings. The van der Waals surface area contributed by atoms with E-state index in [0.717, 1.165) is 23.6 Å². The van der Waals surface area contributed by atoms with Crippen molar-refractivity contribution >= 4 is 33.6 Å². The number of ether oxygens (including phenoxy) is 1. The zero-order chi connectivity index (χ0) is 27.0. The third kappa shape index (κ3) is 4.81. The Balaban J connectivity index is 1.44. The van der Waals surface area contributed by atoms with E-state index in [9.17, 15) is 14.7 Å². The number of aromatic nitrogens is 2. The third-order valence-corrected chi connectivity index (χ3v) is 8.09. The average molecular weight is 532 g/mol. The number of carboxylic acids is 1. The van der Waals surface area contributed by atoms with Crippen LogP contribution in [0.25, 0.3) is 21.9 Å². The molecule has 202 valence electrons. The number of ketones is 1. The molecule has 2 aliphatic rings. The summed E-state index contributed by atoms with van der Waals surface area (Å²) in [6.45, 7) is 0.785. The molecular formula is C30H30FN3O5. The monoisotopic (exact) mass is 531 g/mol. The van der Waals surface area contributed by atoms with Crippen LogP contribution in [0.4, 0.5) is 4.39 Å². The van der Waals surface area contributed by atoms with Crippen LogP contribution in [0.5, 0.6) is 0 Å². The van der Waals surface area contributed by atoms with E-state index in [2.05, 4.69) is 9.97 Å². The molecule has 2 atom stereocenters. The van der Waals surface area contributed by atoms with Crippen LogP contribution < -0.4 is 0 Å². The van der Waals surface area contributed by atoms with Crippen LogP contribution >= 0.6 is 0 Å². The first-order valence-electron chi connectivity index (χ1n) is 13.5. The van der Waals surface area contributed by atoms with Crippen LogP contribution in [0.3, 0.4) is 0 Å². The number of pyridine rings is 1. The maximum atomic E-state index is 17.4. The van der Waals surface area contributed by atoms with Crippen molar-refractivity contribution in [1.82, 2.24) is 14.9 Å². The topological polar surface area (TPSA) is 106 Å². The lowest BCUT2D eigenvalue weighted by atomic mass is 9.85. The van der Waals surface area contributed by atoms with Gasteiger partial charge in [-0.25, -0.2) is 9.88 Å². The second kappa shape index (κ2) is 10.5. The number of carbonyl (C=O) groups is 2. The molecule has 6 rings (SSSR count). The number of aliphatic carboxylic acids is 1. The molecule has 0 amide bonds. The molecule has 4 aromatic rings. The maximum Gasteiger partial charge on any atom is 0.330 e. The number of halogens is 1. The Morgan fingerprint density at radius 1 is 1.05 bits per heavy atom. The van der Waals surface area contributed by atoms with Crippen molar-refractivity contribution in [2.45, 2.75) is 56.5 Å². The number of hydrogen-bond donors (Lipinski definition) is 1. The SMILES string of the molecule is O=C(O)C1CCC(OC(F)(C(=O)C(c2ccc3ncoc3c2)c2nccc3ccccc23)N2CCCC2)CC1. The van der Waals surface area contributed by atoms with E-state index < -0.39 is 35.7 Å². The molecule has 2 unspecified atom stereocenters. The molecule has 1 saturated carbocycles. The van der Waals surface area contributed by atoms with Crippen LogP contribution in [0.15, 0.2) is 65.5 Å². The molecular weight excluding hydrogens is 501 g/mol. The number of nitrogens with zero attached hydrogens (tertiary/aromatic N) is 3. The molecule has 2 aromatic carbocycles. The first-order chi connectivity index (χ1) is 18.9. The normalized spacial score (nSPS) is 22.6. The van der Waals surface area contributed by atoms with E-state index in [4.69, 9.17) is 9.15 Å². The van der Waals surface area contributed by atoms with Crippen molar-refractivity contribution in [3.63, 3.8) is 0 Å². The summed E-state index contributed by atoms with van der Waals surface area (Å²) in [5.41, 5.74) is 2.10. The number of oxazole rings is 1. The van der Waals surface area contributed by atoms with E-state index in [1.54, 1.807) is 24.4 Å². The van der Waals surface area contributed by atoms with Crippen molar-refractivity contribution in [3.8, 4) is 0 Å². The predicted octanol–water partition coefficient (Wildman–Crippen LogP) is 5.46. The molecule has 1 N–H and O–H groups in total. The Morgan fingerprint density at radius 3 is 2.59 bits per heavy atom. The number of rotatable bonds is 8. The third-order valence-electron chi connectivity index (χ3n) is 8.09. The fraction of sp³-hybridized carbons (Fsp3) is 0.400. The van der Waals surface area contributed by atoms with Gasteiger partial charge in [0.1, 0.15) is 5.52 Å². The Hall–Kier alpha value is -3.69. The second-order valence-corrected chi connectivity index (χ2v) is 10.5. The summed E-state index contributed by atoms with van der Waals surface area (Å²) in [7, 11) is 0. The molecule has 1 saturated heterocycles. The predicted molar refractivity (Wildman–Crippen MR) is 142 cm³/mol. The molecule has 1 aliphatic heterocycles. The number of alkyl halides is 1.